The van der Waals surface area contributed by atoms with E-state index in [4.69, 9.17) is 0 Å². The van der Waals surface area contributed by atoms with Gasteiger partial charge in [-0.15, -0.1) is 0 Å². The Labute approximate surface area is 128 Å². The van der Waals surface area contributed by atoms with E-state index in [0.717, 1.165) is 44.6 Å². The van der Waals surface area contributed by atoms with Gasteiger partial charge in [0.15, 0.2) is 11.2 Å². The molecule has 0 saturated carbocycles. The van der Waals surface area contributed by atoms with Gasteiger partial charge in [0.05, 0.1) is 0 Å². The summed E-state index contributed by atoms with van der Waals surface area (Å²) in [5.41, 5.74) is 0.558. The van der Waals surface area contributed by atoms with Gasteiger partial charge in [-0.25, -0.2) is 9.78 Å². The summed E-state index contributed by atoms with van der Waals surface area (Å²) in [5, 5.41) is 3.27. The summed E-state index contributed by atoms with van der Waals surface area (Å²) in [7, 11) is 3.56. The number of nitrogens with zero attached hydrogens (tertiary/aromatic N) is 4. The van der Waals surface area contributed by atoms with E-state index < -0.39 is 0 Å². The zero-order valence-electron chi connectivity index (χ0n) is 13.4. The highest BCUT2D eigenvalue weighted by atomic mass is 16.2. The van der Waals surface area contributed by atoms with Crippen molar-refractivity contribution >= 4 is 11.2 Å². The second-order valence-electron chi connectivity index (χ2n) is 6.01. The van der Waals surface area contributed by atoms with E-state index in [9.17, 15) is 9.59 Å². The first-order valence-corrected chi connectivity index (χ1v) is 7.93. The maximum Gasteiger partial charge on any atom is 0.332 e. The van der Waals surface area contributed by atoms with Gasteiger partial charge in [-0.3, -0.25) is 13.9 Å². The van der Waals surface area contributed by atoms with E-state index in [-0.39, 0.29) is 17.3 Å². The number of hydrogen-bond donors (Lipinski definition) is 1. The van der Waals surface area contributed by atoms with Crippen molar-refractivity contribution in [1.29, 1.82) is 0 Å². The molecule has 0 aliphatic carbocycles. The lowest BCUT2D eigenvalue weighted by atomic mass is 10.1. The molecule has 1 fully saturated rings. The SMILES string of the molecule is CCCc1nc2c(c(=O)n(C3CCNCC3)c(=O)n2C)n1C. The summed E-state index contributed by atoms with van der Waals surface area (Å²) in [5.74, 6) is 0.854. The molecule has 0 amide bonds. The molecular formula is C15H23N5O2. The van der Waals surface area contributed by atoms with Crippen LogP contribution in [-0.2, 0) is 20.5 Å². The molecule has 1 N–H and O–H groups in total. The number of rotatable bonds is 3. The fourth-order valence-electron chi connectivity index (χ4n) is 3.29. The Morgan fingerprint density at radius 2 is 1.86 bits per heavy atom. The summed E-state index contributed by atoms with van der Waals surface area (Å²) in [6.45, 7) is 3.75. The summed E-state index contributed by atoms with van der Waals surface area (Å²) in [6.07, 6.45) is 3.36. The average molecular weight is 305 g/mol. The summed E-state index contributed by atoms with van der Waals surface area (Å²) >= 11 is 0. The standard InChI is InChI=1S/C15H23N5O2/c1-4-5-11-17-13-12(18(11)2)14(21)20(15(22)19(13)3)10-6-8-16-9-7-10/h10,16H,4-9H2,1-3H3. The molecule has 2 aromatic rings. The van der Waals surface area contributed by atoms with Gasteiger partial charge in [0.25, 0.3) is 5.56 Å². The maximum atomic E-state index is 12.9. The van der Waals surface area contributed by atoms with E-state index in [1.807, 2.05) is 11.6 Å². The molecule has 22 heavy (non-hydrogen) atoms. The van der Waals surface area contributed by atoms with E-state index in [2.05, 4.69) is 17.2 Å². The Balaban J connectivity index is 2.28. The largest absolute Gasteiger partial charge is 0.332 e. The van der Waals surface area contributed by atoms with Gasteiger partial charge >= 0.3 is 5.69 Å². The minimum absolute atomic E-state index is 0.0265. The van der Waals surface area contributed by atoms with Crippen molar-refractivity contribution < 1.29 is 0 Å². The van der Waals surface area contributed by atoms with E-state index in [0.29, 0.717) is 11.2 Å². The molecule has 0 bridgehead atoms. The maximum absolute atomic E-state index is 12.9. The quantitative estimate of drug-likeness (QED) is 0.886. The highest BCUT2D eigenvalue weighted by molar-refractivity contribution is 5.70. The fourth-order valence-corrected chi connectivity index (χ4v) is 3.29. The first-order valence-electron chi connectivity index (χ1n) is 7.93. The van der Waals surface area contributed by atoms with E-state index in [1.165, 1.54) is 9.13 Å². The first-order chi connectivity index (χ1) is 10.6. The lowest BCUT2D eigenvalue weighted by molar-refractivity contribution is 0.347. The molecular weight excluding hydrogens is 282 g/mol. The van der Waals surface area contributed by atoms with Crippen molar-refractivity contribution in [2.45, 2.75) is 38.6 Å². The van der Waals surface area contributed by atoms with Crippen molar-refractivity contribution in [3.8, 4) is 0 Å². The second-order valence-corrected chi connectivity index (χ2v) is 6.01. The number of piperidine rings is 1. The monoisotopic (exact) mass is 305 g/mol. The molecule has 120 valence electrons. The van der Waals surface area contributed by atoms with Crippen LogP contribution >= 0.6 is 0 Å². The lowest BCUT2D eigenvalue weighted by Gasteiger charge is -2.24. The smallest absolute Gasteiger partial charge is 0.325 e. The van der Waals surface area contributed by atoms with Crippen LogP contribution in [0.2, 0.25) is 0 Å². The van der Waals surface area contributed by atoms with Gasteiger partial charge < -0.3 is 9.88 Å². The zero-order valence-corrected chi connectivity index (χ0v) is 13.4. The Hall–Kier alpha value is -1.89. The predicted octanol–water partition coefficient (Wildman–Crippen LogP) is 0.311. The molecule has 3 heterocycles. The zero-order chi connectivity index (χ0) is 15.9. The molecule has 0 radical (unpaired) electrons. The first kappa shape index (κ1) is 15.0. The number of nitrogens with one attached hydrogen (secondary N) is 1. The van der Waals surface area contributed by atoms with Crippen LogP contribution < -0.4 is 16.6 Å². The number of hydrogen-bond acceptors (Lipinski definition) is 4. The molecule has 1 aliphatic rings. The average Bonchev–Trinajstić information content (AvgIpc) is 2.84. The molecule has 7 heteroatoms. The van der Waals surface area contributed by atoms with Crippen LogP contribution in [-0.4, -0.2) is 31.8 Å². The molecule has 3 rings (SSSR count). The van der Waals surface area contributed by atoms with Crippen LogP contribution in [0.5, 0.6) is 0 Å². The second kappa shape index (κ2) is 5.72. The Morgan fingerprint density at radius 3 is 2.50 bits per heavy atom. The Kier molecular flexibility index (Phi) is 3.90. The molecule has 1 aliphatic heterocycles. The third kappa shape index (κ3) is 2.20. The van der Waals surface area contributed by atoms with Crippen LogP contribution in [0.15, 0.2) is 9.59 Å². The highest BCUT2D eigenvalue weighted by Gasteiger charge is 2.24. The highest BCUT2D eigenvalue weighted by Crippen LogP contribution is 2.17. The van der Waals surface area contributed by atoms with Crippen LogP contribution in [0.4, 0.5) is 0 Å². The van der Waals surface area contributed by atoms with Crippen LogP contribution in [0.25, 0.3) is 11.2 Å². The molecule has 1 saturated heterocycles. The molecule has 7 nitrogen and oxygen atoms in total. The molecule has 0 unspecified atom stereocenters. The van der Waals surface area contributed by atoms with Crippen molar-refractivity contribution in [3.63, 3.8) is 0 Å². The van der Waals surface area contributed by atoms with E-state index >= 15 is 0 Å². The molecule has 0 atom stereocenters. The Bertz CT molecular complexity index is 808. The van der Waals surface area contributed by atoms with Gasteiger partial charge in [-0.2, -0.15) is 0 Å². The number of imidazole rings is 1. The normalized spacial score (nSPS) is 16.5. The van der Waals surface area contributed by atoms with Crippen molar-refractivity contribution in [2.75, 3.05) is 13.1 Å². The fraction of sp³-hybridized carbons (Fsp3) is 0.667. The van der Waals surface area contributed by atoms with Gasteiger partial charge in [-0.05, 0) is 32.4 Å². The van der Waals surface area contributed by atoms with Gasteiger partial charge in [0.1, 0.15) is 5.82 Å². The summed E-state index contributed by atoms with van der Waals surface area (Å²) in [4.78, 5) is 30.1. The number of aromatic nitrogens is 4. The van der Waals surface area contributed by atoms with Gasteiger partial charge in [0, 0.05) is 26.6 Å². The number of aryl methyl sites for hydroxylation is 3. The third-order valence-corrected chi connectivity index (χ3v) is 4.55. The third-order valence-electron chi connectivity index (χ3n) is 4.55. The van der Waals surface area contributed by atoms with Crippen LogP contribution in [0.3, 0.4) is 0 Å². The van der Waals surface area contributed by atoms with Crippen molar-refractivity contribution in [2.24, 2.45) is 14.1 Å². The molecule has 2 aromatic heterocycles. The van der Waals surface area contributed by atoms with Gasteiger partial charge in [-0.1, -0.05) is 6.92 Å². The van der Waals surface area contributed by atoms with Gasteiger partial charge in [0.2, 0.25) is 0 Å². The summed E-state index contributed by atoms with van der Waals surface area (Å²) in [6, 6.07) is -0.0265. The molecule has 0 spiro atoms. The minimum atomic E-state index is -0.259. The Morgan fingerprint density at radius 1 is 1.18 bits per heavy atom. The van der Waals surface area contributed by atoms with E-state index in [1.54, 1.807) is 7.05 Å². The number of fused-ring (bicyclic) bond motifs is 1. The summed E-state index contributed by atoms with van der Waals surface area (Å²) < 4.78 is 4.79. The van der Waals surface area contributed by atoms with Crippen LogP contribution in [0.1, 0.15) is 38.1 Å². The molecule has 0 aromatic carbocycles. The topological polar surface area (TPSA) is 73.8 Å². The van der Waals surface area contributed by atoms with Crippen molar-refractivity contribution in [1.82, 2.24) is 24.0 Å². The lowest BCUT2D eigenvalue weighted by Crippen LogP contribution is -2.44. The minimum Gasteiger partial charge on any atom is -0.325 e. The predicted molar refractivity (Wildman–Crippen MR) is 85.4 cm³/mol. The van der Waals surface area contributed by atoms with Crippen molar-refractivity contribution in [3.05, 3.63) is 26.7 Å². The van der Waals surface area contributed by atoms with Crippen LogP contribution in [0, 0.1) is 0 Å².